The van der Waals surface area contributed by atoms with E-state index in [2.05, 4.69) is 21.0 Å². The summed E-state index contributed by atoms with van der Waals surface area (Å²) in [6.07, 6.45) is 1.67. The summed E-state index contributed by atoms with van der Waals surface area (Å²) < 4.78 is 0.792. The molecule has 0 radical (unpaired) electrons. The smallest absolute Gasteiger partial charge is 0.280 e. The predicted molar refractivity (Wildman–Crippen MR) is 85.4 cm³/mol. The van der Waals surface area contributed by atoms with Crippen LogP contribution in [-0.4, -0.2) is 27.3 Å². The number of phenols is 1. The Labute approximate surface area is 135 Å². The van der Waals surface area contributed by atoms with Crippen LogP contribution in [0.2, 0.25) is 0 Å². The molecule has 0 saturated heterocycles. The number of halogens is 1. The van der Waals surface area contributed by atoms with E-state index in [1.54, 1.807) is 30.3 Å². The van der Waals surface area contributed by atoms with Crippen molar-refractivity contribution in [1.82, 2.24) is 5.01 Å². The average molecular weight is 361 g/mol. The van der Waals surface area contributed by atoms with Crippen LogP contribution in [0.4, 0.5) is 0 Å². The Morgan fingerprint density at radius 3 is 2.73 bits per heavy atom. The Balaban J connectivity index is 2.01. The fraction of sp³-hybridized carbons (Fsp3) is 0.125. The summed E-state index contributed by atoms with van der Waals surface area (Å²) in [6.45, 7) is 0. The first-order chi connectivity index (χ1) is 10.5. The Kier molecular flexibility index (Phi) is 3.72. The summed E-state index contributed by atoms with van der Waals surface area (Å²) in [5.74, 6) is -0.708. The Morgan fingerprint density at radius 1 is 1.23 bits per heavy atom. The van der Waals surface area contributed by atoms with Crippen LogP contribution in [-0.2, 0) is 5.72 Å². The van der Waals surface area contributed by atoms with Crippen LogP contribution in [0.15, 0.2) is 58.1 Å². The molecule has 6 heteroatoms. The summed E-state index contributed by atoms with van der Waals surface area (Å²) in [6, 6.07) is 13.3. The van der Waals surface area contributed by atoms with Gasteiger partial charge in [0.25, 0.3) is 5.91 Å². The molecule has 0 fully saturated rings. The van der Waals surface area contributed by atoms with Crippen molar-refractivity contribution in [1.29, 1.82) is 0 Å². The second kappa shape index (κ2) is 5.55. The number of hydrogen-bond acceptors (Lipinski definition) is 4. The van der Waals surface area contributed by atoms with Crippen LogP contribution in [0.1, 0.15) is 22.3 Å². The number of benzene rings is 2. The largest absolute Gasteiger partial charge is 0.507 e. The molecule has 0 unspecified atom stereocenters. The molecular formula is C16H13BrN2O3. The number of amides is 1. The normalized spacial score (nSPS) is 20.4. The van der Waals surface area contributed by atoms with Crippen LogP contribution in [0, 0.1) is 0 Å². The average Bonchev–Trinajstić information content (AvgIpc) is 2.90. The van der Waals surface area contributed by atoms with Gasteiger partial charge in [0.1, 0.15) is 5.75 Å². The highest BCUT2D eigenvalue weighted by molar-refractivity contribution is 9.10. The maximum Gasteiger partial charge on any atom is 0.280 e. The highest BCUT2D eigenvalue weighted by Crippen LogP contribution is 2.36. The van der Waals surface area contributed by atoms with Crippen molar-refractivity contribution in [2.45, 2.75) is 12.1 Å². The molecule has 1 amide bonds. The van der Waals surface area contributed by atoms with Gasteiger partial charge in [-0.25, -0.2) is 0 Å². The molecule has 0 spiro atoms. The van der Waals surface area contributed by atoms with E-state index < -0.39 is 11.6 Å². The molecule has 22 heavy (non-hydrogen) atoms. The first-order valence-corrected chi connectivity index (χ1v) is 7.45. The topological polar surface area (TPSA) is 73.1 Å². The van der Waals surface area contributed by atoms with Crippen LogP contribution in [0.5, 0.6) is 5.75 Å². The lowest BCUT2D eigenvalue weighted by atomic mass is 9.99. The number of hydrazone groups is 1. The minimum Gasteiger partial charge on any atom is -0.507 e. The van der Waals surface area contributed by atoms with Crippen molar-refractivity contribution in [3.63, 3.8) is 0 Å². The number of aliphatic hydroxyl groups is 1. The second-order valence-corrected chi connectivity index (χ2v) is 5.88. The standard InChI is InChI=1S/C16H13BrN2O3/c17-12-5-3-4-11(10-12)16(22)8-9-18-19(16)15(21)13-6-1-2-7-14(13)20/h1-7,9-10,20,22H,8H2/t16-/m1/s1. The molecule has 1 heterocycles. The van der Waals surface area contributed by atoms with E-state index >= 15 is 0 Å². The summed E-state index contributed by atoms with van der Waals surface area (Å²) >= 11 is 3.35. The Hall–Kier alpha value is -2.18. The maximum atomic E-state index is 12.6. The van der Waals surface area contributed by atoms with E-state index in [9.17, 15) is 15.0 Å². The van der Waals surface area contributed by atoms with Gasteiger partial charge in [0.2, 0.25) is 0 Å². The van der Waals surface area contributed by atoms with Gasteiger partial charge in [-0.2, -0.15) is 10.1 Å². The van der Waals surface area contributed by atoms with Gasteiger partial charge >= 0.3 is 0 Å². The molecule has 0 bridgehead atoms. The number of para-hydroxylation sites is 1. The van der Waals surface area contributed by atoms with E-state index in [4.69, 9.17) is 0 Å². The third-order valence-electron chi connectivity index (χ3n) is 3.54. The lowest BCUT2D eigenvalue weighted by Gasteiger charge is -2.31. The zero-order valence-corrected chi connectivity index (χ0v) is 13.1. The molecule has 3 rings (SSSR count). The molecule has 112 valence electrons. The molecule has 1 aliphatic rings. The SMILES string of the molecule is O=C(c1ccccc1O)N1N=CC[C@@]1(O)c1cccc(Br)c1. The van der Waals surface area contributed by atoms with Crippen LogP contribution in [0.3, 0.4) is 0 Å². The summed E-state index contributed by atoms with van der Waals surface area (Å²) in [7, 11) is 0. The van der Waals surface area contributed by atoms with Crippen molar-refractivity contribution < 1.29 is 15.0 Å². The van der Waals surface area contributed by atoms with Gasteiger partial charge < -0.3 is 10.2 Å². The maximum absolute atomic E-state index is 12.6. The second-order valence-electron chi connectivity index (χ2n) is 4.96. The first-order valence-electron chi connectivity index (χ1n) is 6.66. The summed E-state index contributed by atoms with van der Waals surface area (Å²) in [5.41, 5.74) is -0.929. The minimum absolute atomic E-state index is 0.0926. The fourth-order valence-electron chi connectivity index (χ4n) is 2.40. The molecular weight excluding hydrogens is 348 g/mol. The number of carbonyl (C=O) groups is 1. The van der Waals surface area contributed by atoms with Gasteiger partial charge in [0.15, 0.2) is 5.72 Å². The lowest BCUT2D eigenvalue weighted by Crippen LogP contribution is -2.43. The molecule has 1 atom stereocenters. The monoisotopic (exact) mass is 360 g/mol. The molecule has 0 aliphatic carbocycles. The van der Waals surface area contributed by atoms with E-state index in [-0.39, 0.29) is 17.7 Å². The van der Waals surface area contributed by atoms with Crippen LogP contribution in [0.25, 0.3) is 0 Å². The Morgan fingerprint density at radius 2 is 2.00 bits per heavy atom. The zero-order valence-electron chi connectivity index (χ0n) is 11.5. The van der Waals surface area contributed by atoms with Crippen molar-refractivity contribution in [2.75, 3.05) is 0 Å². The number of phenolic OH excluding ortho intramolecular Hbond substituents is 1. The van der Waals surface area contributed by atoms with Gasteiger partial charge in [0.05, 0.1) is 5.56 Å². The zero-order chi connectivity index (χ0) is 15.7. The third kappa shape index (κ3) is 2.40. The van der Waals surface area contributed by atoms with Gasteiger partial charge in [-0.15, -0.1) is 0 Å². The lowest BCUT2D eigenvalue weighted by molar-refractivity contribution is -0.0765. The van der Waals surface area contributed by atoms with Crippen LogP contribution < -0.4 is 0 Å². The predicted octanol–water partition coefficient (Wildman–Crippen LogP) is 2.83. The molecule has 2 N–H and O–H groups in total. The van der Waals surface area contributed by atoms with E-state index in [1.165, 1.54) is 18.3 Å². The van der Waals surface area contributed by atoms with E-state index in [0.29, 0.717) is 5.56 Å². The minimum atomic E-state index is -1.57. The Bertz CT molecular complexity index is 763. The fourth-order valence-corrected chi connectivity index (χ4v) is 2.80. The van der Waals surface area contributed by atoms with Crippen molar-refractivity contribution in [3.8, 4) is 5.75 Å². The van der Waals surface area contributed by atoms with Gasteiger partial charge in [0, 0.05) is 22.7 Å². The third-order valence-corrected chi connectivity index (χ3v) is 4.03. The van der Waals surface area contributed by atoms with E-state index in [1.807, 2.05) is 6.07 Å². The highest BCUT2D eigenvalue weighted by Gasteiger charge is 2.43. The number of rotatable bonds is 2. The van der Waals surface area contributed by atoms with Crippen LogP contribution >= 0.6 is 15.9 Å². The number of nitrogens with zero attached hydrogens (tertiary/aromatic N) is 2. The van der Waals surface area contributed by atoms with Gasteiger partial charge in [-0.3, -0.25) is 4.79 Å². The summed E-state index contributed by atoms with van der Waals surface area (Å²) in [5, 5.41) is 25.8. The first kappa shape index (κ1) is 14.7. The van der Waals surface area contributed by atoms with Crippen molar-refractivity contribution >= 4 is 28.1 Å². The molecule has 2 aromatic rings. The van der Waals surface area contributed by atoms with E-state index in [0.717, 1.165) is 9.48 Å². The van der Waals surface area contributed by atoms with Gasteiger partial charge in [-0.05, 0) is 24.3 Å². The quantitative estimate of drug-likeness (QED) is 0.864. The highest BCUT2D eigenvalue weighted by atomic mass is 79.9. The number of aromatic hydroxyl groups is 1. The van der Waals surface area contributed by atoms with Crippen molar-refractivity contribution in [2.24, 2.45) is 5.10 Å². The van der Waals surface area contributed by atoms with Crippen molar-refractivity contribution in [3.05, 3.63) is 64.1 Å². The molecule has 1 aliphatic heterocycles. The molecule has 5 nitrogen and oxygen atoms in total. The number of carbonyl (C=O) groups excluding carboxylic acids is 1. The van der Waals surface area contributed by atoms with Gasteiger partial charge in [-0.1, -0.05) is 40.2 Å². The molecule has 0 aromatic heterocycles. The summed E-state index contributed by atoms with van der Waals surface area (Å²) in [4.78, 5) is 12.6. The number of hydrogen-bond donors (Lipinski definition) is 2. The molecule has 2 aromatic carbocycles. The molecule has 0 saturated carbocycles.